The maximum absolute atomic E-state index is 12.2. The van der Waals surface area contributed by atoms with Crippen LogP contribution in [0.15, 0.2) is 18.2 Å². The summed E-state index contributed by atoms with van der Waals surface area (Å²) >= 11 is 0. The minimum atomic E-state index is 0.221. The zero-order chi connectivity index (χ0) is 15.0. The number of carbonyl (C=O) groups is 1. The standard InChI is InChI=1S/C17H27NO2/c1-14-11-15(2)13-16(12-14)17(20)7-9-18(3)8-5-4-6-10-19/h11-13,19H,4-10H2,1-3H3. The van der Waals surface area contributed by atoms with Crippen molar-refractivity contribution >= 4 is 5.78 Å². The van der Waals surface area contributed by atoms with Crippen molar-refractivity contribution in [3.8, 4) is 0 Å². The average Bonchev–Trinajstić information content (AvgIpc) is 2.40. The number of aliphatic hydroxyl groups excluding tert-OH is 1. The maximum Gasteiger partial charge on any atom is 0.164 e. The molecule has 0 heterocycles. The molecule has 0 aromatic heterocycles. The Bertz CT molecular complexity index is 409. The normalized spacial score (nSPS) is 11.1. The minimum Gasteiger partial charge on any atom is -0.396 e. The summed E-state index contributed by atoms with van der Waals surface area (Å²) in [7, 11) is 2.05. The van der Waals surface area contributed by atoms with Gasteiger partial charge < -0.3 is 10.0 Å². The fourth-order valence-corrected chi connectivity index (χ4v) is 2.35. The van der Waals surface area contributed by atoms with E-state index in [4.69, 9.17) is 5.11 Å². The van der Waals surface area contributed by atoms with E-state index in [1.54, 1.807) is 0 Å². The topological polar surface area (TPSA) is 40.5 Å². The second-order valence-electron chi connectivity index (χ2n) is 5.64. The smallest absolute Gasteiger partial charge is 0.164 e. The van der Waals surface area contributed by atoms with E-state index in [0.29, 0.717) is 6.42 Å². The maximum atomic E-state index is 12.2. The van der Waals surface area contributed by atoms with Crippen molar-refractivity contribution in [2.24, 2.45) is 0 Å². The van der Waals surface area contributed by atoms with Crippen molar-refractivity contribution in [2.45, 2.75) is 39.5 Å². The molecule has 20 heavy (non-hydrogen) atoms. The number of unbranched alkanes of at least 4 members (excludes halogenated alkanes) is 2. The lowest BCUT2D eigenvalue weighted by Gasteiger charge is -2.16. The number of Topliss-reactive ketones (excluding diaryl/α,β-unsaturated/α-hetero) is 1. The summed E-state index contributed by atoms with van der Waals surface area (Å²) in [5, 5.41) is 8.72. The highest BCUT2D eigenvalue weighted by atomic mass is 16.2. The van der Waals surface area contributed by atoms with E-state index >= 15 is 0 Å². The van der Waals surface area contributed by atoms with E-state index in [-0.39, 0.29) is 12.4 Å². The monoisotopic (exact) mass is 277 g/mol. The van der Waals surface area contributed by atoms with Gasteiger partial charge in [-0.2, -0.15) is 0 Å². The van der Waals surface area contributed by atoms with Gasteiger partial charge in [-0.25, -0.2) is 0 Å². The molecule has 0 spiro atoms. The minimum absolute atomic E-state index is 0.221. The molecule has 1 N–H and O–H groups in total. The van der Waals surface area contributed by atoms with E-state index in [1.807, 2.05) is 33.0 Å². The molecule has 1 rings (SSSR count). The molecule has 0 atom stereocenters. The van der Waals surface area contributed by atoms with Crippen molar-refractivity contribution in [3.05, 3.63) is 34.9 Å². The van der Waals surface area contributed by atoms with Crippen LogP contribution in [-0.2, 0) is 0 Å². The molecule has 0 bridgehead atoms. The van der Waals surface area contributed by atoms with E-state index in [9.17, 15) is 4.79 Å². The Morgan fingerprint density at radius 1 is 1.05 bits per heavy atom. The van der Waals surface area contributed by atoms with Gasteiger partial charge >= 0.3 is 0 Å². The Kier molecular flexibility index (Phi) is 7.48. The zero-order valence-electron chi connectivity index (χ0n) is 13.0. The first kappa shape index (κ1) is 16.9. The Hall–Kier alpha value is -1.19. The first-order valence-corrected chi connectivity index (χ1v) is 7.44. The fourth-order valence-electron chi connectivity index (χ4n) is 2.35. The van der Waals surface area contributed by atoms with E-state index in [2.05, 4.69) is 11.0 Å². The second-order valence-corrected chi connectivity index (χ2v) is 5.64. The molecule has 1 aromatic rings. The number of aliphatic hydroxyl groups is 1. The van der Waals surface area contributed by atoms with Gasteiger partial charge in [0.1, 0.15) is 0 Å². The molecule has 112 valence electrons. The summed E-state index contributed by atoms with van der Waals surface area (Å²) in [5.74, 6) is 0.221. The lowest BCUT2D eigenvalue weighted by Crippen LogP contribution is -2.23. The number of nitrogens with zero attached hydrogens (tertiary/aromatic N) is 1. The number of rotatable bonds is 9. The van der Waals surface area contributed by atoms with E-state index in [0.717, 1.165) is 49.0 Å². The number of hydrogen-bond donors (Lipinski definition) is 1. The number of carbonyl (C=O) groups excluding carboxylic acids is 1. The Morgan fingerprint density at radius 3 is 2.30 bits per heavy atom. The summed E-state index contributed by atoms with van der Waals surface area (Å²) in [6.45, 7) is 6.11. The van der Waals surface area contributed by atoms with Gasteiger partial charge in [0.15, 0.2) is 5.78 Å². The lowest BCUT2D eigenvalue weighted by molar-refractivity contribution is 0.0968. The van der Waals surface area contributed by atoms with Crippen LogP contribution in [0.3, 0.4) is 0 Å². The highest BCUT2D eigenvalue weighted by Crippen LogP contribution is 2.11. The predicted octanol–water partition coefficient (Wildman–Crippen LogP) is 2.97. The summed E-state index contributed by atoms with van der Waals surface area (Å²) in [6, 6.07) is 6.03. The number of ketones is 1. The molecular formula is C17H27NO2. The third-order valence-electron chi connectivity index (χ3n) is 3.46. The summed E-state index contributed by atoms with van der Waals surface area (Å²) in [6.07, 6.45) is 3.56. The van der Waals surface area contributed by atoms with Crippen LogP contribution in [0.4, 0.5) is 0 Å². The zero-order valence-corrected chi connectivity index (χ0v) is 13.0. The Balaban J connectivity index is 2.35. The SMILES string of the molecule is Cc1cc(C)cc(C(=O)CCN(C)CCCCCO)c1. The molecule has 0 fully saturated rings. The van der Waals surface area contributed by atoms with Gasteiger partial charge in [-0.15, -0.1) is 0 Å². The molecule has 3 nitrogen and oxygen atoms in total. The van der Waals surface area contributed by atoms with Gasteiger partial charge in [-0.3, -0.25) is 4.79 Å². The molecule has 0 aliphatic carbocycles. The third-order valence-corrected chi connectivity index (χ3v) is 3.46. The molecule has 3 heteroatoms. The highest BCUT2D eigenvalue weighted by Gasteiger charge is 2.08. The Labute approximate surface area is 122 Å². The molecule has 0 amide bonds. The third kappa shape index (κ3) is 6.31. The second kappa shape index (κ2) is 8.88. The van der Waals surface area contributed by atoms with Gasteiger partial charge in [0, 0.05) is 25.1 Å². The predicted molar refractivity (Wildman–Crippen MR) is 83.3 cm³/mol. The van der Waals surface area contributed by atoms with Crippen LogP contribution in [0.5, 0.6) is 0 Å². The van der Waals surface area contributed by atoms with Gasteiger partial charge in [0.2, 0.25) is 0 Å². The van der Waals surface area contributed by atoms with Crippen molar-refractivity contribution in [3.63, 3.8) is 0 Å². The van der Waals surface area contributed by atoms with Crippen LogP contribution < -0.4 is 0 Å². The molecule has 0 saturated carbocycles. The first-order valence-electron chi connectivity index (χ1n) is 7.44. The van der Waals surface area contributed by atoms with Crippen LogP contribution in [0, 0.1) is 13.8 Å². The average molecular weight is 277 g/mol. The van der Waals surface area contributed by atoms with Crippen LogP contribution in [-0.4, -0.2) is 42.5 Å². The van der Waals surface area contributed by atoms with Crippen molar-refractivity contribution in [1.82, 2.24) is 4.90 Å². The summed E-state index contributed by atoms with van der Waals surface area (Å²) in [4.78, 5) is 14.4. The molecule has 0 aliphatic heterocycles. The van der Waals surface area contributed by atoms with E-state index < -0.39 is 0 Å². The van der Waals surface area contributed by atoms with Crippen molar-refractivity contribution < 1.29 is 9.90 Å². The largest absolute Gasteiger partial charge is 0.396 e. The van der Waals surface area contributed by atoms with Gasteiger partial charge in [0.05, 0.1) is 0 Å². The molecule has 0 saturated heterocycles. The quantitative estimate of drug-likeness (QED) is 0.557. The number of benzene rings is 1. The lowest BCUT2D eigenvalue weighted by atomic mass is 10.0. The molecule has 0 aliphatic rings. The van der Waals surface area contributed by atoms with E-state index in [1.165, 1.54) is 0 Å². The summed E-state index contributed by atoms with van der Waals surface area (Å²) in [5.41, 5.74) is 3.12. The van der Waals surface area contributed by atoms with Crippen LogP contribution >= 0.6 is 0 Å². The molecular weight excluding hydrogens is 250 g/mol. The van der Waals surface area contributed by atoms with Crippen molar-refractivity contribution in [2.75, 3.05) is 26.7 Å². The van der Waals surface area contributed by atoms with Gasteiger partial charge in [-0.05, 0) is 58.8 Å². The number of hydrogen-bond acceptors (Lipinski definition) is 3. The van der Waals surface area contributed by atoms with Crippen molar-refractivity contribution in [1.29, 1.82) is 0 Å². The number of aryl methyl sites for hydroxylation is 2. The Morgan fingerprint density at radius 2 is 1.70 bits per heavy atom. The molecule has 0 unspecified atom stereocenters. The first-order chi connectivity index (χ1) is 9.52. The highest BCUT2D eigenvalue weighted by molar-refractivity contribution is 5.96. The van der Waals surface area contributed by atoms with Crippen LogP contribution in [0.2, 0.25) is 0 Å². The fraction of sp³-hybridized carbons (Fsp3) is 0.588. The van der Waals surface area contributed by atoms with Gasteiger partial charge in [0.25, 0.3) is 0 Å². The summed E-state index contributed by atoms with van der Waals surface area (Å²) < 4.78 is 0. The molecule has 0 radical (unpaired) electrons. The molecule has 1 aromatic carbocycles. The van der Waals surface area contributed by atoms with Gasteiger partial charge in [-0.1, -0.05) is 17.2 Å². The van der Waals surface area contributed by atoms with Crippen LogP contribution in [0.1, 0.15) is 47.2 Å². The van der Waals surface area contributed by atoms with Crippen LogP contribution in [0.25, 0.3) is 0 Å².